The highest BCUT2D eigenvalue weighted by atomic mass is 35.5. The average Bonchev–Trinajstić information content (AvgIpc) is 2.81. The van der Waals surface area contributed by atoms with Gasteiger partial charge in [-0.3, -0.25) is 0 Å². The van der Waals surface area contributed by atoms with Crippen molar-refractivity contribution >= 4 is 17.4 Å². The summed E-state index contributed by atoms with van der Waals surface area (Å²) in [5.74, 6) is 1.52. The van der Waals surface area contributed by atoms with Crippen molar-refractivity contribution in [2.45, 2.75) is 25.8 Å². The molecule has 0 aliphatic heterocycles. The van der Waals surface area contributed by atoms with Crippen LogP contribution in [0.5, 0.6) is 0 Å². The minimum Gasteiger partial charge on any atom is -0.366 e. The molecule has 1 fully saturated rings. The molecule has 64 valence electrons. The van der Waals surface area contributed by atoms with E-state index in [4.69, 9.17) is 11.6 Å². The van der Waals surface area contributed by atoms with Crippen molar-refractivity contribution < 1.29 is 0 Å². The lowest BCUT2D eigenvalue weighted by atomic mass is 10.5. The summed E-state index contributed by atoms with van der Waals surface area (Å²) in [4.78, 5) is 8.18. The van der Waals surface area contributed by atoms with E-state index in [-0.39, 0.29) is 0 Å². The van der Waals surface area contributed by atoms with Crippen molar-refractivity contribution in [2.75, 3.05) is 5.32 Å². The van der Waals surface area contributed by atoms with E-state index < -0.39 is 0 Å². The van der Waals surface area contributed by atoms with Gasteiger partial charge in [0.25, 0.3) is 0 Å². The molecule has 0 atom stereocenters. The lowest BCUT2D eigenvalue weighted by molar-refractivity contribution is 1.02. The van der Waals surface area contributed by atoms with Crippen LogP contribution in [-0.2, 0) is 0 Å². The molecule has 2 rings (SSSR count). The summed E-state index contributed by atoms with van der Waals surface area (Å²) in [6.07, 6.45) is 4.08. The molecule has 1 aliphatic carbocycles. The summed E-state index contributed by atoms with van der Waals surface area (Å²) in [6, 6.07) is 0.580. The number of aryl methyl sites for hydroxylation is 1. The van der Waals surface area contributed by atoms with E-state index in [1.165, 1.54) is 12.8 Å². The predicted molar refractivity (Wildman–Crippen MR) is 48.4 cm³/mol. The van der Waals surface area contributed by atoms with E-state index in [1.54, 1.807) is 6.20 Å². The van der Waals surface area contributed by atoms with Crippen LogP contribution in [0.4, 0.5) is 5.82 Å². The molecule has 1 saturated carbocycles. The largest absolute Gasteiger partial charge is 0.366 e. The number of anilines is 1. The number of rotatable bonds is 2. The van der Waals surface area contributed by atoms with E-state index in [0.717, 1.165) is 11.6 Å². The molecule has 1 aromatic rings. The first-order chi connectivity index (χ1) is 5.75. The number of nitrogens with one attached hydrogen (secondary N) is 1. The predicted octanol–water partition coefficient (Wildman–Crippen LogP) is 2.01. The van der Waals surface area contributed by atoms with Crippen LogP contribution in [0.1, 0.15) is 18.7 Å². The molecule has 12 heavy (non-hydrogen) atoms. The lowest BCUT2D eigenvalue weighted by Crippen LogP contribution is -2.05. The Kier molecular flexibility index (Phi) is 1.89. The van der Waals surface area contributed by atoms with Crippen molar-refractivity contribution in [3.8, 4) is 0 Å². The van der Waals surface area contributed by atoms with E-state index >= 15 is 0 Å². The highest BCUT2D eigenvalue weighted by Gasteiger charge is 2.22. The quantitative estimate of drug-likeness (QED) is 0.763. The summed E-state index contributed by atoms with van der Waals surface area (Å²) in [6.45, 7) is 1.86. The second-order valence-corrected chi connectivity index (χ2v) is 3.44. The molecular formula is C8H10ClN3. The third-order valence-electron chi connectivity index (χ3n) is 1.78. The molecule has 0 bridgehead atoms. The maximum Gasteiger partial charge on any atom is 0.148 e. The fraction of sp³-hybridized carbons (Fsp3) is 0.500. The molecule has 1 aliphatic rings. The maximum absolute atomic E-state index is 5.88. The SMILES string of the molecule is Cc1ncc(Cl)c(NC2CC2)n1. The van der Waals surface area contributed by atoms with Gasteiger partial charge in [-0.2, -0.15) is 0 Å². The number of halogens is 1. The Morgan fingerprint density at radius 1 is 1.58 bits per heavy atom. The van der Waals surface area contributed by atoms with Crippen molar-refractivity contribution in [3.63, 3.8) is 0 Å². The van der Waals surface area contributed by atoms with Gasteiger partial charge in [0.1, 0.15) is 16.7 Å². The van der Waals surface area contributed by atoms with Gasteiger partial charge in [0.2, 0.25) is 0 Å². The van der Waals surface area contributed by atoms with Gasteiger partial charge in [-0.05, 0) is 19.8 Å². The molecular weight excluding hydrogens is 174 g/mol. The van der Waals surface area contributed by atoms with Crippen LogP contribution in [0.15, 0.2) is 6.20 Å². The van der Waals surface area contributed by atoms with Crippen LogP contribution in [0.25, 0.3) is 0 Å². The Morgan fingerprint density at radius 3 is 3.00 bits per heavy atom. The fourth-order valence-electron chi connectivity index (χ4n) is 0.978. The van der Waals surface area contributed by atoms with Crippen LogP contribution in [0, 0.1) is 6.92 Å². The monoisotopic (exact) mass is 183 g/mol. The topological polar surface area (TPSA) is 37.8 Å². The summed E-state index contributed by atoms with van der Waals surface area (Å²) in [7, 11) is 0. The summed E-state index contributed by atoms with van der Waals surface area (Å²) in [5, 5.41) is 3.85. The van der Waals surface area contributed by atoms with Crippen molar-refractivity contribution in [1.29, 1.82) is 0 Å². The van der Waals surface area contributed by atoms with E-state index in [2.05, 4.69) is 15.3 Å². The van der Waals surface area contributed by atoms with E-state index in [1.807, 2.05) is 6.92 Å². The first-order valence-electron chi connectivity index (χ1n) is 4.01. The summed E-state index contributed by atoms with van der Waals surface area (Å²) < 4.78 is 0. The molecule has 0 unspecified atom stereocenters. The van der Waals surface area contributed by atoms with Gasteiger partial charge >= 0.3 is 0 Å². The molecule has 4 heteroatoms. The zero-order valence-corrected chi connectivity index (χ0v) is 7.60. The van der Waals surface area contributed by atoms with Gasteiger partial charge in [0.15, 0.2) is 0 Å². The zero-order chi connectivity index (χ0) is 8.55. The second kappa shape index (κ2) is 2.90. The van der Waals surface area contributed by atoms with Crippen molar-refractivity contribution in [3.05, 3.63) is 17.0 Å². The van der Waals surface area contributed by atoms with Crippen LogP contribution >= 0.6 is 11.6 Å². The first kappa shape index (κ1) is 7.80. The Hall–Kier alpha value is -0.830. The Morgan fingerprint density at radius 2 is 2.33 bits per heavy atom. The van der Waals surface area contributed by atoms with Gasteiger partial charge in [-0.25, -0.2) is 9.97 Å². The molecule has 1 N–H and O–H groups in total. The first-order valence-corrected chi connectivity index (χ1v) is 4.39. The Balaban J connectivity index is 2.21. The summed E-state index contributed by atoms with van der Waals surface area (Å²) >= 11 is 5.88. The van der Waals surface area contributed by atoms with Crippen LogP contribution in [-0.4, -0.2) is 16.0 Å². The minimum absolute atomic E-state index is 0.580. The number of aromatic nitrogens is 2. The van der Waals surface area contributed by atoms with E-state index in [0.29, 0.717) is 11.1 Å². The number of hydrogen-bond donors (Lipinski definition) is 1. The van der Waals surface area contributed by atoms with Gasteiger partial charge in [-0.1, -0.05) is 11.6 Å². The number of nitrogens with zero attached hydrogens (tertiary/aromatic N) is 2. The lowest BCUT2D eigenvalue weighted by Gasteiger charge is -2.04. The molecule has 1 heterocycles. The van der Waals surface area contributed by atoms with Crippen molar-refractivity contribution in [2.24, 2.45) is 0 Å². The summed E-state index contributed by atoms with van der Waals surface area (Å²) in [5.41, 5.74) is 0. The fourth-order valence-corrected chi connectivity index (χ4v) is 1.12. The van der Waals surface area contributed by atoms with Gasteiger partial charge in [0.05, 0.1) is 6.20 Å². The maximum atomic E-state index is 5.88. The van der Waals surface area contributed by atoms with Gasteiger partial charge < -0.3 is 5.32 Å². The highest BCUT2D eigenvalue weighted by Crippen LogP contribution is 2.27. The van der Waals surface area contributed by atoms with Gasteiger partial charge in [-0.15, -0.1) is 0 Å². The third kappa shape index (κ3) is 1.67. The normalized spacial score (nSPS) is 16.2. The standard InChI is InChI=1S/C8H10ClN3/c1-5-10-4-7(9)8(11-5)12-6-2-3-6/h4,6H,2-3H2,1H3,(H,10,11,12). The van der Waals surface area contributed by atoms with Crippen LogP contribution < -0.4 is 5.32 Å². The Bertz CT molecular complexity index is 296. The molecule has 0 aromatic carbocycles. The zero-order valence-electron chi connectivity index (χ0n) is 6.84. The highest BCUT2D eigenvalue weighted by molar-refractivity contribution is 6.32. The molecule has 0 amide bonds. The second-order valence-electron chi connectivity index (χ2n) is 3.03. The smallest absolute Gasteiger partial charge is 0.148 e. The molecule has 0 saturated heterocycles. The average molecular weight is 184 g/mol. The van der Waals surface area contributed by atoms with Crippen LogP contribution in [0.3, 0.4) is 0 Å². The molecule has 0 radical (unpaired) electrons. The van der Waals surface area contributed by atoms with E-state index in [9.17, 15) is 0 Å². The van der Waals surface area contributed by atoms with Gasteiger partial charge in [0, 0.05) is 6.04 Å². The Labute approximate surface area is 76.2 Å². The van der Waals surface area contributed by atoms with Crippen LogP contribution in [0.2, 0.25) is 5.02 Å². The number of hydrogen-bond acceptors (Lipinski definition) is 3. The minimum atomic E-state index is 0.580. The molecule has 3 nitrogen and oxygen atoms in total. The van der Waals surface area contributed by atoms with Crippen molar-refractivity contribution in [1.82, 2.24) is 9.97 Å². The molecule has 0 spiro atoms. The molecule has 1 aromatic heterocycles. The third-order valence-corrected chi connectivity index (χ3v) is 2.06.